The number of nitro benzene ring substituents is 1. The predicted octanol–water partition coefficient (Wildman–Crippen LogP) is 5.60. The molecule has 0 spiro atoms. The lowest BCUT2D eigenvalue weighted by molar-refractivity contribution is -0.384. The van der Waals surface area contributed by atoms with Gasteiger partial charge in [0.2, 0.25) is 0 Å². The highest BCUT2D eigenvalue weighted by molar-refractivity contribution is 6.31. The number of hydrogen-bond donors (Lipinski definition) is 1. The SMILES string of the molecule is N#CC(=Cc1cccn1-c1ccc([N+](=O)[O-])cc1)C(=O)Nc1ccc(Cl)c(C(F)(F)F)c1. The van der Waals surface area contributed by atoms with Crippen LogP contribution in [0.15, 0.2) is 66.4 Å². The van der Waals surface area contributed by atoms with Gasteiger partial charge >= 0.3 is 6.18 Å². The molecule has 0 aliphatic rings. The fourth-order valence-corrected chi connectivity index (χ4v) is 3.02. The van der Waals surface area contributed by atoms with E-state index in [1.165, 1.54) is 36.4 Å². The van der Waals surface area contributed by atoms with Gasteiger partial charge in [-0.05, 0) is 48.5 Å². The quantitative estimate of drug-likeness (QED) is 0.231. The van der Waals surface area contributed by atoms with Crippen LogP contribution in [0.3, 0.4) is 0 Å². The molecule has 11 heteroatoms. The Morgan fingerprint density at radius 3 is 2.47 bits per heavy atom. The van der Waals surface area contributed by atoms with Crippen LogP contribution in [0.5, 0.6) is 0 Å². The lowest BCUT2D eigenvalue weighted by Crippen LogP contribution is -2.15. The number of rotatable bonds is 5. The first-order valence-corrected chi connectivity index (χ1v) is 9.20. The van der Waals surface area contributed by atoms with Gasteiger partial charge in [0.05, 0.1) is 15.5 Å². The summed E-state index contributed by atoms with van der Waals surface area (Å²) in [6.07, 6.45) is -1.84. The number of nitriles is 1. The number of amides is 1. The first-order chi connectivity index (χ1) is 15.1. The van der Waals surface area contributed by atoms with Crippen molar-refractivity contribution in [2.24, 2.45) is 0 Å². The van der Waals surface area contributed by atoms with Crippen molar-refractivity contribution in [3.63, 3.8) is 0 Å². The summed E-state index contributed by atoms with van der Waals surface area (Å²) < 4.78 is 40.6. The monoisotopic (exact) mass is 460 g/mol. The first-order valence-electron chi connectivity index (χ1n) is 8.82. The van der Waals surface area contributed by atoms with Crippen molar-refractivity contribution < 1.29 is 22.9 Å². The van der Waals surface area contributed by atoms with Crippen molar-refractivity contribution in [3.05, 3.63) is 92.8 Å². The maximum atomic E-state index is 13.0. The second-order valence-corrected chi connectivity index (χ2v) is 6.80. The summed E-state index contributed by atoms with van der Waals surface area (Å²) in [5.41, 5.74) is -0.827. The molecular formula is C21H12ClF3N4O3. The Bertz CT molecular complexity index is 1260. The maximum Gasteiger partial charge on any atom is 0.417 e. The number of carbonyl (C=O) groups excluding carboxylic acids is 1. The molecule has 32 heavy (non-hydrogen) atoms. The maximum absolute atomic E-state index is 13.0. The minimum atomic E-state index is -4.71. The fraction of sp³-hybridized carbons (Fsp3) is 0.0476. The third-order valence-electron chi connectivity index (χ3n) is 4.31. The van der Waals surface area contributed by atoms with Gasteiger partial charge in [0.25, 0.3) is 11.6 Å². The number of hydrogen-bond acceptors (Lipinski definition) is 4. The molecule has 0 fully saturated rings. The van der Waals surface area contributed by atoms with Crippen LogP contribution < -0.4 is 5.32 Å². The number of aromatic nitrogens is 1. The number of anilines is 1. The van der Waals surface area contributed by atoms with Gasteiger partial charge < -0.3 is 9.88 Å². The highest BCUT2D eigenvalue weighted by Gasteiger charge is 2.33. The molecule has 0 aliphatic carbocycles. The second kappa shape index (κ2) is 8.95. The predicted molar refractivity (Wildman–Crippen MR) is 111 cm³/mol. The molecule has 0 bridgehead atoms. The van der Waals surface area contributed by atoms with E-state index in [9.17, 15) is 33.3 Å². The average Bonchev–Trinajstić information content (AvgIpc) is 3.20. The lowest BCUT2D eigenvalue weighted by Gasteiger charge is -2.12. The summed E-state index contributed by atoms with van der Waals surface area (Å²) in [4.78, 5) is 22.7. The zero-order chi connectivity index (χ0) is 23.5. The molecule has 0 radical (unpaired) electrons. The first kappa shape index (κ1) is 22.6. The van der Waals surface area contributed by atoms with E-state index < -0.39 is 27.6 Å². The molecule has 0 saturated carbocycles. The molecule has 0 saturated heterocycles. The Labute approximate surface area is 184 Å². The fourth-order valence-electron chi connectivity index (χ4n) is 2.80. The van der Waals surface area contributed by atoms with E-state index in [4.69, 9.17) is 11.6 Å². The Balaban J connectivity index is 1.88. The van der Waals surface area contributed by atoms with Crippen molar-refractivity contribution in [1.82, 2.24) is 4.57 Å². The molecule has 0 atom stereocenters. The number of nitro groups is 1. The number of carbonyl (C=O) groups is 1. The number of non-ortho nitro benzene ring substituents is 1. The third-order valence-corrected chi connectivity index (χ3v) is 4.64. The largest absolute Gasteiger partial charge is 0.417 e. The van der Waals surface area contributed by atoms with Crippen molar-refractivity contribution in [2.75, 3.05) is 5.32 Å². The smallest absolute Gasteiger partial charge is 0.321 e. The summed E-state index contributed by atoms with van der Waals surface area (Å²) in [6.45, 7) is 0. The molecule has 0 unspecified atom stereocenters. The van der Waals surface area contributed by atoms with E-state index in [1.807, 2.05) is 0 Å². The molecule has 1 amide bonds. The molecule has 2 aromatic carbocycles. The molecule has 7 nitrogen and oxygen atoms in total. The molecule has 3 aromatic rings. The van der Waals surface area contributed by atoms with Gasteiger partial charge in [-0.1, -0.05) is 11.6 Å². The Morgan fingerprint density at radius 1 is 1.19 bits per heavy atom. The van der Waals surface area contributed by atoms with Crippen molar-refractivity contribution >= 4 is 35.0 Å². The summed E-state index contributed by atoms with van der Waals surface area (Å²) in [6, 6.07) is 13.4. The van der Waals surface area contributed by atoms with Gasteiger partial charge in [0, 0.05) is 35.4 Å². The van der Waals surface area contributed by atoms with Gasteiger partial charge in [0.15, 0.2) is 0 Å². The van der Waals surface area contributed by atoms with Crippen LogP contribution in [0, 0.1) is 21.4 Å². The van der Waals surface area contributed by atoms with Gasteiger partial charge in [-0.25, -0.2) is 0 Å². The van der Waals surface area contributed by atoms with Crippen LogP contribution >= 0.6 is 11.6 Å². The van der Waals surface area contributed by atoms with Crippen molar-refractivity contribution in [2.45, 2.75) is 6.18 Å². The number of benzene rings is 2. The lowest BCUT2D eigenvalue weighted by atomic mass is 10.1. The van der Waals surface area contributed by atoms with Gasteiger partial charge in [-0.15, -0.1) is 0 Å². The van der Waals surface area contributed by atoms with E-state index in [1.54, 1.807) is 29.0 Å². The molecule has 1 aromatic heterocycles. The Kier molecular flexibility index (Phi) is 6.32. The van der Waals surface area contributed by atoms with Crippen LogP contribution in [0.2, 0.25) is 5.02 Å². The van der Waals surface area contributed by atoms with E-state index in [2.05, 4.69) is 5.32 Å². The highest BCUT2D eigenvalue weighted by atomic mass is 35.5. The summed E-state index contributed by atoms with van der Waals surface area (Å²) in [5.74, 6) is -0.917. The average molecular weight is 461 g/mol. The summed E-state index contributed by atoms with van der Waals surface area (Å²) in [5, 5.41) is 21.9. The van der Waals surface area contributed by atoms with Crippen LogP contribution in [0.1, 0.15) is 11.3 Å². The molecule has 1 heterocycles. The van der Waals surface area contributed by atoms with Gasteiger partial charge in [-0.2, -0.15) is 18.4 Å². The third kappa shape index (κ3) is 4.96. The number of alkyl halides is 3. The normalized spacial score (nSPS) is 11.7. The summed E-state index contributed by atoms with van der Waals surface area (Å²) in [7, 11) is 0. The zero-order valence-electron chi connectivity index (χ0n) is 15.9. The van der Waals surface area contributed by atoms with Crippen LogP contribution in [0.25, 0.3) is 11.8 Å². The number of halogens is 4. The number of nitrogens with zero attached hydrogens (tertiary/aromatic N) is 3. The number of nitrogens with one attached hydrogen (secondary N) is 1. The zero-order valence-corrected chi connectivity index (χ0v) is 16.7. The molecular weight excluding hydrogens is 449 g/mol. The topological polar surface area (TPSA) is 101 Å². The van der Waals surface area contributed by atoms with Crippen molar-refractivity contribution in [3.8, 4) is 11.8 Å². The Hall–Kier alpha value is -4.10. The van der Waals surface area contributed by atoms with E-state index in [0.29, 0.717) is 17.4 Å². The Morgan fingerprint density at radius 2 is 1.88 bits per heavy atom. The molecule has 3 rings (SSSR count). The summed E-state index contributed by atoms with van der Waals surface area (Å²) >= 11 is 5.57. The van der Waals surface area contributed by atoms with Crippen LogP contribution in [-0.2, 0) is 11.0 Å². The minimum absolute atomic E-state index is 0.101. The van der Waals surface area contributed by atoms with E-state index in [0.717, 1.165) is 6.07 Å². The van der Waals surface area contributed by atoms with Crippen molar-refractivity contribution in [1.29, 1.82) is 5.26 Å². The van der Waals surface area contributed by atoms with Crippen LogP contribution in [0.4, 0.5) is 24.5 Å². The van der Waals surface area contributed by atoms with Gasteiger partial charge in [0.1, 0.15) is 11.6 Å². The molecule has 162 valence electrons. The standard InChI is InChI=1S/C21H12ClF3N4O3/c22-19-8-3-14(11-18(19)21(23,24)25)27-20(30)13(12-26)10-17-2-1-9-28(17)15-4-6-16(7-5-15)29(31)32/h1-11H,(H,27,30). The molecule has 0 aliphatic heterocycles. The molecule has 1 N–H and O–H groups in total. The minimum Gasteiger partial charge on any atom is -0.321 e. The second-order valence-electron chi connectivity index (χ2n) is 6.39. The van der Waals surface area contributed by atoms with E-state index >= 15 is 0 Å². The highest BCUT2D eigenvalue weighted by Crippen LogP contribution is 2.36. The van der Waals surface area contributed by atoms with Crippen LogP contribution in [-0.4, -0.2) is 15.4 Å². The van der Waals surface area contributed by atoms with Gasteiger partial charge in [-0.3, -0.25) is 14.9 Å². The van der Waals surface area contributed by atoms with E-state index in [-0.39, 0.29) is 16.9 Å².